The zero-order valence-electron chi connectivity index (χ0n) is 8.93. The number of benzene rings is 1. The molecule has 0 saturated carbocycles. The van der Waals surface area contributed by atoms with Crippen molar-refractivity contribution in [2.45, 2.75) is 6.92 Å². The quantitative estimate of drug-likeness (QED) is 0.423. The summed E-state index contributed by atoms with van der Waals surface area (Å²) in [6.45, 7) is 2.59. The van der Waals surface area contributed by atoms with Gasteiger partial charge in [-0.3, -0.25) is 5.41 Å². The fourth-order valence-corrected chi connectivity index (χ4v) is 0.993. The maximum Gasteiger partial charge on any atom is 0.206 e. The van der Waals surface area contributed by atoms with Crippen LogP contribution in [0, 0.1) is 5.41 Å². The molecule has 0 amide bonds. The lowest BCUT2D eigenvalue weighted by Crippen LogP contribution is -2.25. The molecule has 88 valence electrons. The van der Waals surface area contributed by atoms with Crippen LogP contribution in [0.15, 0.2) is 29.4 Å². The molecule has 0 bridgehead atoms. The molecule has 0 unspecified atom stereocenters. The summed E-state index contributed by atoms with van der Waals surface area (Å²) in [4.78, 5) is 0. The first-order valence-corrected chi connectivity index (χ1v) is 4.58. The number of nitrogens with one attached hydrogen (secondary N) is 2. The summed E-state index contributed by atoms with van der Waals surface area (Å²) < 4.78 is 5.29. The summed E-state index contributed by atoms with van der Waals surface area (Å²) in [5.74, 6) is 0.645. The second kappa shape index (κ2) is 7.53. The standard InChI is InChI=1S/C10H14N4O.ClH/c1-2-15-9-5-3-8(4-6-9)7-13-14-10(11)12;/h3-7H,2H2,1H3,(H4,11,12,14);1H. The van der Waals surface area contributed by atoms with E-state index < -0.39 is 0 Å². The lowest BCUT2D eigenvalue weighted by Gasteiger charge is -2.01. The van der Waals surface area contributed by atoms with E-state index >= 15 is 0 Å². The molecule has 0 aliphatic carbocycles. The molecule has 1 rings (SSSR count). The van der Waals surface area contributed by atoms with Gasteiger partial charge < -0.3 is 10.5 Å². The smallest absolute Gasteiger partial charge is 0.206 e. The maximum atomic E-state index is 6.88. The molecule has 0 spiro atoms. The number of nitrogens with zero attached hydrogens (tertiary/aromatic N) is 1. The topological polar surface area (TPSA) is 83.5 Å². The fraction of sp³-hybridized carbons (Fsp3) is 0.200. The van der Waals surface area contributed by atoms with Crippen molar-refractivity contribution in [1.82, 2.24) is 5.43 Å². The number of hydrogen-bond acceptors (Lipinski definition) is 3. The fourth-order valence-electron chi connectivity index (χ4n) is 0.993. The normalized spacial score (nSPS) is 9.56. The van der Waals surface area contributed by atoms with Crippen LogP contribution in [-0.2, 0) is 0 Å². The van der Waals surface area contributed by atoms with E-state index in [1.807, 2.05) is 31.2 Å². The van der Waals surface area contributed by atoms with Crippen LogP contribution in [0.5, 0.6) is 5.75 Å². The zero-order chi connectivity index (χ0) is 11.1. The van der Waals surface area contributed by atoms with E-state index in [2.05, 4.69) is 10.5 Å². The van der Waals surface area contributed by atoms with Crippen molar-refractivity contribution < 1.29 is 4.74 Å². The average molecular weight is 243 g/mol. The monoisotopic (exact) mass is 242 g/mol. The molecule has 0 heterocycles. The van der Waals surface area contributed by atoms with Gasteiger partial charge in [-0.1, -0.05) is 0 Å². The third kappa shape index (κ3) is 5.21. The summed E-state index contributed by atoms with van der Waals surface area (Å²) in [5.41, 5.74) is 8.30. The Morgan fingerprint density at radius 3 is 2.62 bits per heavy atom. The van der Waals surface area contributed by atoms with Crippen molar-refractivity contribution in [3.05, 3.63) is 29.8 Å². The molecule has 1 aromatic carbocycles. The van der Waals surface area contributed by atoms with E-state index in [1.165, 1.54) is 0 Å². The van der Waals surface area contributed by atoms with Crippen molar-refractivity contribution in [2.75, 3.05) is 6.61 Å². The molecule has 0 fully saturated rings. The van der Waals surface area contributed by atoms with Crippen LogP contribution in [-0.4, -0.2) is 18.8 Å². The van der Waals surface area contributed by atoms with Gasteiger partial charge in [0.15, 0.2) is 0 Å². The Kier molecular flexibility index (Phi) is 6.71. The highest BCUT2D eigenvalue weighted by molar-refractivity contribution is 5.85. The molecule has 5 nitrogen and oxygen atoms in total. The van der Waals surface area contributed by atoms with Crippen LogP contribution in [0.2, 0.25) is 0 Å². The van der Waals surface area contributed by atoms with Gasteiger partial charge in [-0.05, 0) is 36.8 Å². The third-order valence-corrected chi connectivity index (χ3v) is 1.59. The number of ether oxygens (including phenoxy) is 1. The highest BCUT2D eigenvalue weighted by atomic mass is 35.5. The highest BCUT2D eigenvalue weighted by Crippen LogP contribution is 2.10. The number of hydrogen-bond donors (Lipinski definition) is 3. The number of halogens is 1. The van der Waals surface area contributed by atoms with Crippen molar-refractivity contribution in [2.24, 2.45) is 10.8 Å². The van der Waals surface area contributed by atoms with Crippen molar-refractivity contribution in [3.63, 3.8) is 0 Å². The van der Waals surface area contributed by atoms with Gasteiger partial charge in [0.05, 0.1) is 12.8 Å². The van der Waals surface area contributed by atoms with Crippen LogP contribution >= 0.6 is 12.4 Å². The van der Waals surface area contributed by atoms with Crippen LogP contribution in [0.25, 0.3) is 0 Å². The van der Waals surface area contributed by atoms with Crippen LogP contribution < -0.4 is 15.9 Å². The molecule has 0 aliphatic rings. The SMILES string of the molecule is CCOc1ccc(C=NNC(=N)N)cc1.Cl. The summed E-state index contributed by atoms with van der Waals surface area (Å²) in [7, 11) is 0. The minimum atomic E-state index is -0.183. The van der Waals surface area contributed by atoms with Crippen LogP contribution in [0.4, 0.5) is 0 Å². The molecule has 0 radical (unpaired) electrons. The Morgan fingerprint density at radius 1 is 1.50 bits per heavy atom. The second-order valence-corrected chi connectivity index (χ2v) is 2.79. The largest absolute Gasteiger partial charge is 0.494 e. The van der Waals surface area contributed by atoms with Gasteiger partial charge in [0.1, 0.15) is 5.75 Å². The van der Waals surface area contributed by atoms with E-state index in [-0.39, 0.29) is 18.4 Å². The van der Waals surface area contributed by atoms with Gasteiger partial charge in [-0.2, -0.15) is 5.10 Å². The number of hydrazone groups is 1. The van der Waals surface area contributed by atoms with E-state index in [9.17, 15) is 0 Å². The van der Waals surface area contributed by atoms with Gasteiger partial charge in [0.25, 0.3) is 0 Å². The number of guanidine groups is 1. The minimum absolute atomic E-state index is 0. The van der Waals surface area contributed by atoms with Gasteiger partial charge >= 0.3 is 0 Å². The summed E-state index contributed by atoms with van der Waals surface area (Å²) in [5, 5.41) is 10.6. The van der Waals surface area contributed by atoms with E-state index in [0.29, 0.717) is 6.61 Å². The molecule has 0 saturated heterocycles. The molecule has 0 aromatic heterocycles. The molecule has 6 heteroatoms. The van der Waals surface area contributed by atoms with Crippen molar-refractivity contribution >= 4 is 24.6 Å². The van der Waals surface area contributed by atoms with Crippen molar-refractivity contribution in [3.8, 4) is 5.75 Å². The Morgan fingerprint density at radius 2 is 2.12 bits per heavy atom. The van der Waals surface area contributed by atoms with Gasteiger partial charge in [-0.25, -0.2) is 5.43 Å². The van der Waals surface area contributed by atoms with Crippen LogP contribution in [0.1, 0.15) is 12.5 Å². The summed E-state index contributed by atoms with van der Waals surface area (Å²) >= 11 is 0. The second-order valence-electron chi connectivity index (χ2n) is 2.79. The highest BCUT2D eigenvalue weighted by Gasteiger charge is 1.91. The van der Waals surface area contributed by atoms with Gasteiger partial charge in [0.2, 0.25) is 5.96 Å². The first-order valence-electron chi connectivity index (χ1n) is 4.58. The number of rotatable bonds is 4. The Labute approximate surface area is 101 Å². The van der Waals surface area contributed by atoms with Gasteiger partial charge in [-0.15, -0.1) is 12.4 Å². The summed E-state index contributed by atoms with van der Waals surface area (Å²) in [6.07, 6.45) is 1.58. The molecule has 4 N–H and O–H groups in total. The molecule has 1 aromatic rings. The Bertz CT molecular complexity index is 350. The van der Waals surface area contributed by atoms with E-state index in [1.54, 1.807) is 6.21 Å². The average Bonchev–Trinajstić information content (AvgIpc) is 2.20. The first-order chi connectivity index (χ1) is 7.22. The van der Waals surface area contributed by atoms with E-state index in [0.717, 1.165) is 11.3 Å². The van der Waals surface area contributed by atoms with E-state index in [4.69, 9.17) is 15.9 Å². The van der Waals surface area contributed by atoms with Crippen molar-refractivity contribution in [1.29, 1.82) is 5.41 Å². The molecular weight excluding hydrogens is 228 g/mol. The number of nitrogens with two attached hydrogens (primary N) is 1. The minimum Gasteiger partial charge on any atom is -0.494 e. The summed E-state index contributed by atoms with van der Waals surface area (Å²) in [6, 6.07) is 7.46. The molecule has 0 atom stereocenters. The van der Waals surface area contributed by atoms with Crippen LogP contribution in [0.3, 0.4) is 0 Å². The Hall–Kier alpha value is -1.75. The Balaban J connectivity index is 0.00000225. The first kappa shape index (κ1) is 14.2. The predicted octanol–water partition coefficient (Wildman–Crippen LogP) is 1.32. The zero-order valence-corrected chi connectivity index (χ0v) is 9.75. The predicted molar refractivity (Wildman–Crippen MR) is 67.5 cm³/mol. The molecule has 0 aliphatic heterocycles. The third-order valence-electron chi connectivity index (χ3n) is 1.59. The maximum absolute atomic E-state index is 6.88. The lowest BCUT2D eigenvalue weighted by atomic mass is 10.2. The van der Waals surface area contributed by atoms with Gasteiger partial charge in [0, 0.05) is 0 Å². The molecule has 16 heavy (non-hydrogen) atoms. The lowest BCUT2D eigenvalue weighted by molar-refractivity contribution is 0.340. The molecular formula is C10H15ClN4O.